The molecule has 0 saturated heterocycles. The van der Waals surface area contributed by atoms with Crippen molar-refractivity contribution in [3.8, 4) is 0 Å². The van der Waals surface area contributed by atoms with Crippen molar-refractivity contribution in [1.82, 2.24) is 0 Å². The Labute approximate surface area is 107 Å². The average molecular weight is 249 g/mol. The summed E-state index contributed by atoms with van der Waals surface area (Å²) in [6.45, 7) is 1.85. The van der Waals surface area contributed by atoms with Gasteiger partial charge in [-0.3, -0.25) is 9.59 Å². The first-order chi connectivity index (χ1) is 8.49. The number of hydrogen-bond donors (Lipinski definition) is 2. The Balaban J connectivity index is 2.38. The van der Waals surface area contributed by atoms with E-state index in [-0.39, 0.29) is 11.7 Å². The minimum absolute atomic E-state index is 0.00712. The van der Waals surface area contributed by atoms with Gasteiger partial charge >= 0.3 is 5.97 Å². The minimum atomic E-state index is -1.02. The van der Waals surface area contributed by atoms with Crippen molar-refractivity contribution in [2.75, 3.05) is 0 Å². The molecule has 0 fully saturated rings. The summed E-state index contributed by atoms with van der Waals surface area (Å²) in [4.78, 5) is 22.4. The Bertz CT molecular complexity index is 403. The number of carboxylic acid groups (broad SMARTS) is 1. The summed E-state index contributed by atoms with van der Waals surface area (Å²) in [6, 6.07) is 8.63. The van der Waals surface area contributed by atoms with E-state index < -0.39 is 12.0 Å². The lowest BCUT2D eigenvalue weighted by Crippen LogP contribution is -2.32. The Morgan fingerprint density at radius 1 is 1.28 bits per heavy atom. The zero-order chi connectivity index (χ0) is 13.5. The number of carbonyl (C=O) groups excluding carboxylic acids is 1. The summed E-state index contributed by atoms with van der Waals surface area (Å²) >= 11 is 0. The van der Waals surface area contributed by atoms with Gasteiger partial charge in [-0.15, -0.1) is 0 Å². The third kappa shape index (κ3) is 5.10. The van der Waals surface area contributed by atoms with Gasteiger partial charge in [-0.2, -0.15) is 0 Å². The second-order valence-electron chi connectivity index (χ2n) is 4.69. The Morgan fingerprint density at radius 3 is 2.44 bits per heavy atom. The molecule has 0 amide bonds. The second-order valence-corrected chi connectivity index (χ2v) is 4.69. The summed E-state index contributed by atoms with van der Waals surface area (Å²) in [5, 5.41) is 8.69. The van der Waals surface area contributed by atoms with E-state index >= 15 is 0 Å². The number of Topliss-reactive ketones (excluding diaryl/α,β-unsaturated/α-hetero) is 1. The molecule has 3 N–H and O–H groups in total. The predicted molar refractivity (Wildman–Crippen MR) is 69.2 cm³/mol. The van der Waals surface area contributed by atoms with E-state index in [1.54, 1.807) is 0 Å². The van der Waals surface area contributed by atoms with Crippen LogP contribution in [0, 0.1) is 5.92 Å². The number of carbonyl (C=O) groups is 2. The van der Waals surface area contributed by atoms with Crippen LogP contribution >= 0.6 is 0 Å². The lowest BCUT2D eigenvalue weighted by atomic mass is 9.94. The van der Waals surface area contributed by atoms with Crippen LogP contribution in [0.25, 0.3) is 0 Å². The van der Waals surface area contributed by atoms with Crippen LogP contribution in [0.3, 0.4) is 0 Å². The first-order valence-corrected chi connectivity index (χ1v) is 6.03. The van der Waals surface area contributed by atoms with E-state index in [0.717, 1.165) is 5.56 Å². The van der Waals surface area contributed by atoms with Gasteiger partial charge in [0, 0.05) is 12.8 Å². The second kappa shape index (κ2) is 6.91. The molecule has 0 bridgehead atoms. The zero-order valence-electron chi connectivity index (χ0n) is 10.5. The van der Waals surface area contributed by atoms with Gasteiger partial charge in [-0.05, 0) is 17.9 Å². The summed E-state index contributed by atoms with van der Waals surface area (Å²) in [5.41, 5.74) is 6.42. The molecule has 0 spiro atoms. The predicted octanol–water partition coefficient (Wildman–Crippen LogP) is 1.63. The molecular weight excluding hydrogens is 230 g/mol. The first-order valence-electron chi connectivity index (χ1n) is 6.03. The lowest BCUT2D eigenvalue weighted by molar-refractivity contribution is -0.139. The van der Waals surface area contributed by atoms with E-state index in [2.05, 4.69) is 0 Å². The zero-order valence-corrected chi connectivity index (χ0v) is 10.5. The fourth-order valence-electron chi connectivity index (χ4n) is 1.90. The fourth-order valence-corrected chi connectivity index (χ4v) is 1.90. The maximum atomic E-state index is 11.8. The van der Waals surface area contributed by atoms with Gasteiger partial charge < -0.3 is 10.8 Å². The third-order valence-corrected chi connectivity index (χ3v) is 2.79. The van der Waals surface area contributed by atoms with Crippen molar-refractivity contribution in [3.63, 3.8) is 0 Å². The molecule has 4 nitrogen and oxygen atoms in total. The summed E-state index contributed by atoms with van der Waals surface area (Å²) in [7, 11) is 0. The van der Waals surface area contributed by atoms with Crippen molar-refractivity contribution in [3.05, 3.63) is 35.9 Å². The highest BCUT2D eigenvalue weighted by atomic mass is 16.4. The van der Waals surface area contributed by atoms with Gasteiger partial charge in [0.25, 0.3) is 0 Å². The molecule has 0 aromatic heterocycles. The molecule has 0 radical (unpaired) electrons. The molecule has 18 heavy (non-hydrogen) atoms. The maximum Gasteiger partial charge on any atom is 0.320 e. The Morgan fingerprint density at radius 2 is 1.89 bits per heavy atom. The van der Waals surface area contributed by atoms with Crippen molar-refractivity contribution in [1.29, 1.82) is 0 Å². The lowest BCUT2D eigenvalue weighted by Gasteiger charge is -2.13. The van der Waals surface area contributed by atoms with E-state index in [0.29, 0.717) is 19.3 Å². The van der Waals surface area contributed by atoms with Crippen LogP contribution < -0.4 is 5.73 Å². The minimum Gasteiger partial charge on any atom is -0.480 e. The van der Waals surface area contributed by atoms with E-state index in [1.807, 2.05) is 37.3 Å². The summed E-state index contributed by atoms with van der Waals surface area (Å²) < 4.78 is 0. The number of hydrogen-bond acceptors (Lipinski definition) is 3. The van der Waals surface area contributed by atoms with Gasteiger partial charge in [-0.1, -0.05) is 37.3 Å². The Hall–Kier alpha value is -1.68. The number of ketones is 1. The van der Waals surface area contributed by atoms with Gasteiger partial charge in [0.15, 0.2) is 0 Å². The average Bonchev–Trinajstić information content (AvgIpc) is 2.29. The van der Waals surface area contributed by atoms with Crippen LogP contribution in [0.5, 0.6) is 0 Å². The van der Waals surface area contributed by atoms with Crippen LogP contribution in [-0.2, 0) is 16.0 Å². The molecule has 98 valence electrons. The van der Waals surface area contributed by atoms with Crippen LogP contribution in [0.2, 0.25) is 0 Å². The third-order valence-electron chi connectivity index (χ3n) is 2.79. The first kappa shape index (κ1) is 14.4. The van der Waals surface area contributed by atoms with E-state index in [4.69, 9.17) is 10.8 Å². The number of rotatable bonds is 7. The molecule has 1 unspecified atom stereocenters. The highest BCUT2D eigenvalue weighted by Crippen LogP contribution is 2.12. The van der Waals surface area contributed by atoms with Crippen molar-refractivity contribution in [2.45, 2.75) is 32.2 Å². The quantitative estimate of drug-likeness (QED) is 0.769. The molecule has 1 aromatic rings. The molecule has 0 aliphatic carbocycles. The van der Waals surface area contributed by atoms with E-state index in [1.165, 1.54) is 0 Å². The largest absolute Gasteiger partial charge is 0.480 e. The summed E-state index contributed by atoms with van der Waals surface area (Å²) in [5.74, 6) is -0.907. The molecule has 0 saturated carbocycles. The van der Waals surface area contributed by atoms with Gasteiger partial charge in [-0.25, -0.2) is 0 Å². The number of nitrogens with two attached hydrogens (primary N) is 1. The molecule has 0 aliphatic rings. The molecule has 0 heterocycles. The van der Waals surface area contributed by atoms with Crippen molar-refractivity contribution >= 4 is 11.8 Å². The maximum absolute atomic E-state index is 11.8. The number of carboxylic acids is 1. The van der Waals surface area contributed by atoms with Crippen molar-refractivity contribution in [2.24, 2.45) is 11.7 Å². The molecule has 1 rings (SSSR count). The standard InChI is InChI=1S/C14H19NO3/c1-10(8-13(15)14(17)18)7-12(16)9-11-5-3-2-4-6-11/h2-6,10,13H,7-9,15H2,1H3,(H,17,18)/t10?,13-/m0/s1. The summed E-state index contributed by atoms with van der Waals surface area (Å²) in [6.07, 6.45) is 1.10. The number of benzene rings is 1. The highest BCUT2D eigenvalue weighted by Gasteiger charge is 2.17. The SMILES string of the molecule is CC(CC(=O)Cc1ccccc1)C[C@H](N)C(=O)O. The smallest absolute Gasteiger partial charge is 0.320 e. The van der Waals surface area contributed by atoms with Gasteiger partial charge in [0.05, 0.1) is 0 Å². The number of aliphatic carboxylic acids is 1. The fraction of sp³-hybridized carbons (Fsp3) is 0.429. The van der Waals surface area contributed by atoms with Crippen molar-refractivity contribution < 1.29 is 14.7 Å². The van der Waals surface area contributed by atoms with Crippen LogP contribution in [0.1, 0.15) is 25.3 Å². The van der Waals surface area contributed by atoms with Crippen LogP contribution in [0.15, 0.2) is 30.3 Å². The molecule has 2 atom stereocenters. The monoisotopic (exact) mass is 249 g/mol. The highest BCUT2D eigenvalue weighted by molar-refractivity contribution is 5.81. The topological polar surface area (TPSA) is 80.4 Å². The normalized spacial score (nSPS) is 13.9. The van der Waals surface area contributed by atoms with E-state index in [9.17, 15) is 9.59 Å². The Kier molecular flexibility index (Phi) is 5.52. The molecule has 0 aliphatic heterocycles. The molecule has 4 heteroatoms. The van der Waals surface area contributed by atoms with Gasteiger partial charge in [0.2, 0.25) is 0 Å². The van der Waals surface area contributed by atoms with Crippen LogP contribution in [-0.4, -0.2) is 22.9 Å². The molecule has 1 aromatic carbocycles. The molecular formula is C14H19NO3. The van der Waals surface area contributed by atoms with Crippen LogP contribution in [0.4, 0.5) is 0 Å². The van der Waals surface area contributed by atoms with Gasteiger partial charge in [0.1, 0.15) is 11.8 Å².